The minimum absolute atomic E-state index is 0.154. The van der Waals surface area contributed by atoms with Gasteiger partial charge in [0.05, 0.1) is 0 Å². The fraction of sp³-hybridized carbons (Fsp3) is 0.182. The van der Waals surface area contributed by atoms with Gasteiger partial charge in [0.1, 0.15) is 12.2 Å². The average molecular weight is 194 g/mol. The molecule has 0 aromatic rings. The Morgan fingerprint density at radius 2 is 2.00 bits per heavy atom. The monoisotopic (exact) mass is 194 g/mol. The van der Waals surface area contributed by atoms with Crippen molar-refractivity contribution in [1.29, 1.82) is 0 Å². The van der Waals surface area contributed by atoms with Gasteiger partial charge in [-0.15, -0.1) is 0 Å². The molecule has 0 spiro atoms. The van der Waals surface area contributed by atoms with Crippen LogP contribution in [0.2, 0.25) is 0 Å². The van der Waals surface area contributed by atoms with Crippen molar-refractivity contribution in [1.82, 2.24) is 0 Å². The van der Waals surface area contributed by atoms with Crippen LogP contribution in [0.3, 0.4) is 0 Å². The van der Waals surface area contributed by atoms with Gasteiger partial charge in [0.15, 0.2) is 0 Å². The molecule has 0 atom stereocenters. The summed E-state index contributed by atoms with van der Waals surface area (Å²) in [6.07, 6.45) is 7.95. The number of hydrogen-bond donors (Lipinski definition) is 2. The molecule has 0 aliphatic carbocycles. The molecular weight excluding hydrogens is 180 g/mol. The van der Waals surface area contributed by atoms with Crippen molar-refractivity contribution in [2.24, 2.45) is 0 Å². The summed E-state index contributed by atoms with van der Waals surface area (Å²) in [6.45, 7) is 5.27. The highest BCUT2D eigenvalue weighted by Gasteiger charge is 2.00. The van der Waals surface area contributed by atoms with E-state index in [1.807, 2.05) is 0 Å². The zero-order chi connectivity index (χ0) is 11.0. The maximum absolute atomic E-state index is 10.2. The predicted molar refractivity (Wildman–Crippen MR) is 56.1 cm³/mol. The Balaban J connectivity index is 4.33. The summed E-state index contributed by atoms with van der Waals surface area (Å²) >= 11 is 0. The van der Waals surface area contributed by atoms with E-state index < -0.39 is 5.97 Å². The lowest BCUT2D eigenvalue weighted by atomic mass is 10.2. The molecule has 76 valence electrons. The van der Waals surface area contributed by atoms with Crippen LogP contribution in [0.15, 0.2) is 48.3 Å². The number of aliphatic hydroxyl groups excluding tert-OH is 1. The highest BCUT2D eigenvalue weighted by atomic mass is 16.4. The van der Waals surface area contributed by atoms with Crippen LogP contribution in [0.4, 0.5) is 0 Å². The third kappa shape index (κ3) is 6.91. The fourth-order valence-corrected chi connectivity index (χ4v) is 0.803. The third-order valence-corrected chi connectivity index (χ3v) is 1.33. The average Bonchev–Trinajstić information content (AvgIpc) is 2.02. The van der Waals surface area contributed by atoms with Crippen LogP contribution in [0.25, 0.3) is 0 Å². The van der Waals surface area contributed by atoms with Crippen LogP contribution >= 0.6 is 0 Å². The standard InChI is InChI=1S/C11H14O3/c1-3-4-5-6-9(2)7-10(12)8-11(13)14/h3-7,12H,1,8H2,2H3,(H,13,14)/b5-4-,9-6+,10-7+. The molecule has 0 aliphatic rings. The molecule has 0 radical (unpaired) electrons. The van der Waals surface area contributed by atoms with Gasteiger partial charge >= 0.3 is 5.97 Å². The molecule has 2 N–H and O–H groups in total. The molecule has 3 nitrogen and oxygen atoms in total. The third-order valence-electron chi connectivity index (χ3n) is 1.33. The second kappa shape index (κ2) is 6.71. The molecule has 0 aromatic carbocycles. The summed E-state index contributed by atoms with van der Waals surface area (Å²) in [5, 5.41) is 17.5. The van der Waals surface area contributed by atoms with E-state index in [1.165, 1.54) is 6.08 Å². The molecule has 0 unspecified atom stereocenters. The maximum atomic E-state index is 10.2. The highest BCUT2D eigenvalue weighted by Crippen LogP contribution is 2.03. The first-order valence-electron chi connectivity index (χ1n) is 4.13. The van der Waals surface area contributed by atoms with Crippen molar-refractivity contribution >= 4 is 5.97 Å². The van der Waals surface area contributed by atoms with Crippen LogP contribution in [-0.4, -0.2) is 16.2 Å². The molecule has 0 aliphatic heterocycles. The zero-order valence-electron chi connectivity index (χ0n) is 8.10. The molecule has 0 bridgehead atoms. The van der Waals surface area contributed by atoms with Crippen LogP contribution in [0.5, 0.6) is 0 Å². The van der Waals surface area contributed by atoms with Crippen molar-refractivity contribution in [3.63, 3.8) is 0 Å². The van der Waals surface area contributed by atoms with E-state index in [0.717, 1.165) is 5.57 Å². The Morgan fingerprint density at radius 3 is 2.50 bits per heavy atom. The van der Waals surface area contributed by atoms with Crippen molar-refractivity contribution in [3.05, 3.63) is 48.3 Å². The Hall–Kier alpha value is -1.77. The zero-order valence-corrected chi connectivity index (χ0v) is 8.10. The maximum Gasteiger partial charge on any atom is 0.311 e. The molecule has 0 amide bonds. The van der Waals surface area contributed by atoms with Crippen molar-refractivity contribution in [2.45, 2.75) is 13.3 Å². The van der Waals surface area contributed by atoms with Gasteiger partial charge in [-0.3, -0.25) is 4.79 Å². The van der Waals surface area contributed by atoms with Gasteiger partial charge in [0, 0.05) is 0 Å². The lowest BCUT2D eigenvalue weighted by molar-refractivity contribution is -0.136. The molecule has 3 heteroatoms. The smallest absolute Gasteiger partial charge is 0.311 e. The minimum atomic E-state index is -1.05. The Morgan fingerprint density at radius 1 is 1.36 bits per heavy atom. The van der Waals surface area contributed by atoms with E-state index in [0.29, 0.717) is 0 Å². The van der Waals surface area contributed by atoms with Gasteiger partial charge in [-0.05, 0) is 18.6 Å². The number of hydrogen-bond acceptors (Lipinski definition) is 2. The SMILES string of the molecule is C=C\C=C/C=C(C)/C=C(/O)CC(=O)O. The summed E-state index contributed by atoms with van der Waals surface area (Å²) in [5.41, 5.74) is 0.779. The summed E-state index contributed by atoms with van der Waals surface area (Å²) in [7, 11) is 0. The largest absolute Gasteiger partial charge is 0.512 e. The quantitative estimate of drug-likeness (QED) is 0.522. The lowest BCUT2D eigenvalue weighted by Crippen LogP contribution is -1.96. The molecule has 14 heavy (non-hydrogen) atoms. The molecule has 0 saturated heterocycles. The Kier molecular flexibility index (Phi) is 5.87. The normalized spacial score (nSPS) is 13.2. The Bertz CT molecular complexity index is 296. The Labute approximate surface area is 83.4 Å². The van der Waals surface area contributed by atoms with Gasteiger partial charge in [-0.1, -0.05) is 30.9 Å². The van der Waals surface area contributed by atoms with Gasteiger partial charge < -0.3 is 10.2 Å². The number of allylic oxidation sites excluding steroid dienone is 6. The second-order valence-corrected chi connectivity index (χ2v) is 2.74. The molecule has 0 aromatic heterocycles. The number of carbonyl (C=O) groups is 1. The summed E-state index contributed by atoms with van der Waals surface area (Å²) in [4.78, 5) is 10.2. The van der Waals surface area contributed by atoms with Crippen LogP contribution in [0.1, 0.15) is 13.3 Å². The molecule has 0 heterocycles. The second-order valence-electron chi connectivity index (χ2n) is 2.74. The van der Waals surface area contributed by atoms with Crippen LogP contribution in [-0.2, 0) is 4.79 Å². The van der Waals surface area contributed by atoms with Gasteiger partial charge in [-0.25, -0.2) is 0 Å². The summed E-state index contributed by atoms with van der Waals surface area (Å²) in [5.74, 6) is -1.20. The molecule has 0 rings (SSSR count). The molecule has 0 saturated carbocycles. The van der Waals surface area contributed by atoms with E-state index >= 15 is 0 Å². The first-order valence-corrected chi connectivity index (χ1v) is 4.13. The first kappa shape index (κ1) is 12.2. The van der Waals surface area contributed by atoms with E-state index in [2.05, 4.69) is 6.58 Å². The number of aliphatic hydroxyl groups is 1. The van der Waals surface area contributed by atoms with Crippen molar-refractivity contribution in [3.8, 4) is 0 Å². The summed E-state index contributed by atoms with van der Waals surface area (Å²) in [6, 6.07) is 0. The van der Waals surface area contributed by atoms with E-state index in [9.17, 15) is 4.79 Å². The van der Waals surface area contributed by atoms with Gasteiger partial charge in [0.25, 0.3) is 0 Å². The topological polar surface area (TPSA) is 57.5 Å². The molecule has 0 fully saturated rings. The number of carboxylic acid groups (broad SMARTS) is 1. The fourth-order valence-electron chi connectivity index (χ4n) is 0.803. The van der Waals surface area contributed by atoms with Gasteiger partial charge in [0.2, 0.25) is 0 Å². The number of carboxylic acids is 1. The van der Waals surface area contributed by atoms with E-state index in [1.54, 1.807) is 31.2 Å². The van der Waals surface area contributed by atoms with Crippen molar-refractivity contribution < 1.29 is 15.0 Å². The van der Waals surface area contributed by atoms with Crippen LogP contribution < -0.4 is 0 Å². The summed E-state index contributed by atoms with van der Waals surface area (Å²) < 4.78 is 0. The van der Waals surface area contributed by atoms with Gasteiger partial charge in [-0.2, -0.15) is 0 Å². The van der Waals surface area contributed by atoms with E-state index in [-0.39, 0.29) is 12.2 Å². The number of aliphatic carboxylic acids is 1. The first-order chi connectivity index (χ1) is 6.56. The van der Waals surface area contributed by atoms with Crippen molar-refractivity contribution in [2.75, 3.05) is 0 Å². The highest BCUT2D eigenvalue weighted by molar-refractivity contribution is 5.69. The minimum Gasteiger partial charge on any atom is -0.512 e. The van der Waals surface area contributed by atoms with E-state index in [4.69, 9.17) is 10.2 Å². The predicted octanol–water partition coefficient (Wildman–Crippen LogP) is 2.59. The molecular formula is C11H14O3. The van der Waals surface area contributed by atoms with Crippen LogP contribution in [0, 0.1) is 0 Å². The lowest BCUT2D eigenvalue weighted by Gasteiger charge is -1.94. The number of rotatable bonds is 5.